The molecule has 1 aliphatic rings. The van der Waals surface area contributed by atoms with Crippen molar-refractivity contribution in [1.82, 2.24) is 4.90 Å². The van der Waals surface area contributed by atoms with Gasteiger partial charge >= 0.3 is 0 Å². The topological polar surface area (TPSA) is 38.8 Å². The highest BCUT2D eigenvalue weighted by molar-refractivity contribution is 5.80. The highest BCUT2D eigenvalue weighted by Crippen LogP contribution is 2.31. The molecule has 2 aromatic rings. The van der Waals surface area contributed by atoms with Crippen molar-refractivity contribution in [1.29, 1.82) is 0 Å². The zero-order chi connectivity index (χ0) is 18.7. The molecule has 6 heteroatoms. The second-order valence-electron chi connectivity index (χ2n) is 6.31. The molecule has 0 radical (unpaired) electrons. The summed E-state index contributed by atoms with van der Waals surface area (Å²) in [6.07, 6.45) is 1.76. The molecule has 0 atom stereocenters. The lowest BCUT2D eigenvalue weighted by Gasteiger charge is -2.23. The van der Waals surface area contributed by atoms with Crippen molar-refractivity contribution >= 4 is 5.91 Å². The quantitative estimate of drug-likeness (QED) is 0.755. The first-order chi connectivity index (χ1) is 12.5. The number of benzene rings is 2. The van der Waals surface area contributed by atoms with Gasteiger partial charge in [0.05, 0.1) is 27.2 Å². The Bertz CT molecular complexity index is 785. The van der Waals surface area contributed by atoms with Crippen LogP contribution in [0.1, 0.15) is 24.0 Å². The van der Waals surface area contributed by atoms with Crippen LogP contribution in [0.3, 0.4) is 0 Å². The molecule has 1 amide bonds. The summed E-state index contributed by atoms with van der Waals surface area (Å²) >= 11 is 0. The predicted octanol–water partition coefficient (Wildman–Crippen LogP) is 3.72. The molecule has 0 aromatic heterocycles. The van der Waals surface area contributed by atoms with Crippen molar-refractivity contribution in [3.8, 4) is 11.5 Å². The van der Waals surface area contributed by atoms with E-state index in [9.17, 15) is 13.6 Å². The molecule has 1 saturated carbocycles. The Morgan fingerprint density at radius 1 is 1.12 bits per heavy atom. The Morgan fingerprint density at radius 3 is 2.38 bits per heavy atom. The number of rotatable bonds is 7. The summed E-state index contributed by atoms with van der Waals surface area (Å²) in [5, 5.41) is 0. The van der Waals surface area contributed by atoms with E-state index in [1.165, 1.54) is 25.3 Å². The van der Waals surface area contributed by atoms with Gasteiger partial charge in [-0.25, -0.2) is 8.78 Å². The van der Waals surface area contributed by atoms with Crippen molar-refractivity contribution < 1.29 is 23.0 Å². The van der Waals surface area contributed by atoms with E-state index in [-0.39, 0.29) is 30.5 Å². The molecule has 0 unspecified atom stereocenters. The van der Waals surface area contributed by atoms with E-state index in [1.807, 2.05) is 0 Å². The van der Waals surface area contributed by atoms with E-state index in [1.54, 1.807) is 30.2 Å². The van der Waals surface area contributed by atoms with E-state index < -0.39 is 11.6 Å². The second kappa shape index (κ2) is 7.72. The molecule has 1 fully saturated rings. The van der Waals surface area contributed by atoms with Crippen molar-refractivity contribution in [3.05, 3.63) is 59.2 Å². The van der Waals surface area contributed by atoms with Gasteiger partial charge < -0.3 is 14.4 Å². The third kappa shape index (κ3) is 3.95. The fourth-order valence-electron chi connectivity index (χ4n) is 2.95. The zero-order valence-electron chi connectivity index (χ0n) is 14.8. The summed E-state index contributed by atoms with van der Waals surface area (Å²) in [5.74, 6) is -0.273. The number of carbonyl (C=O) groups is 1. The molecule has 0 saturated heterocycles. The number of nitrogens with zero attached hydrogens (tertiary/aromatic N) is 1. The molecule has 0 bridgehead atoms. The fourth-order valence-corrected chi connectivity index (χ4v) is 2.95. The molecule has 138 valence electrons. The van der Waals surface area contributed by atoms with Crippen molar-refractivity contribution in [2.75, 3.05) is 14.2 Å². The third-order valence-corrected chi connectivity index (χ3v) is 4.53. The van der Waals surface area contributed by atoms with Crippen LogP contribution in [-0.4, -0.2) is 31.1 Å². The van der Waals surface area contributed by atoms with Crippen molar-refractivity contribution in [2.45, 2.75) is 31.8 Å². The first kappa shape index (κ1) is 18.2. The van der Waals surface area contributed by atoms with E-state index in [0.29, 0.717) is 17.1 Å². The normalized spacial score (nSPS) is 13.4. The largest absolute Gasteiger partial charge is 0.497 e. The van der Waals surface area contributed by atoms with Gasteiger partial charge in [0.1, 0.15) is 23.1 Å². The molecule has 0 heterocycles. The van der Waals surface area contributed by atoms with Gasteiger partial charge in [0, 0.05) is 17.2 Å². The van der Waals surface area contributed by atoms with Crippen LogP contribution in [0, 0.1) is 11.6 Å². The lowest BCUT2D eigenvalue weighted by atomic mass is 10.1. The van der Waals surface area contributed by atoms with Crippen LogP contribution in [0.5, 0.6) is 11.5 Å². The summed E-state index contributed by atoms with van der Waals surface area (Å²) in [6.45, 7) is -0.0751. The van der Waals surface area contributed by atoms with Crippen molar-refractivity contribution in [2.24, 2.45) is 0 Å². The average molecular weight is 361 g/mol. The average Bonchev–Trinajstić information content (AvgIpc) is 3.46. The fraction of sp³-hybridized carbons (Fsp3) is 0.350. The van der Waals surface area contributed by atoms with E-state index in [4.69, 9.17) is 9.47 Å². The van der Waals surface area contributed by atoms with Gasteiger partial charge in [0.15, 0.2) is 0 Å². The number of hydrogen-bond donors (Lipinski definition) is 0. The monoisotopic (exact) mass is 361 g/mol. The smallest absolute Gasteiger partial charge is 0.227 e. The Hall–Kier alpha value is -2.63. The minimum Gasteiger partial charge on any atom is -0.497 e. The second-order valence-corrected chi connectivity index (χ2v) is 6.31. The molecule has 4 nitrogen and oxygen atoms in total. The number of methoxy groups -OCH3 is 2. The Morgan fingerprint density at radius 2 is 1.81 bits per heavy atom. The zero-order valence-corrected chi connectivity index (χ0v) is 14.8. The highest BCUT2D eigenvalue weighted by Gasteiger charge is 2.33. The molecule has 0 aliphatic heterocycles. The number of carbonyl (C=O) groups excluding carboxylic acids is 1. The van der Waals surface area contributed by atoms with Gasteiger partial charge in [-0.3, -0.25) is 4.79 Å². The molecule has 1 aliphatic carbocycles. The maximum Gasteiger partial charge on any atom is 0.227 e. The minimum atomic E-state index is -0.637. The molecule has 0 N–H and O–H groups in total. The van der Waals surface area contributed by atoms with Crippen LogP contribution in [0.4, 0.5) is 8.78 Å². The minimum absolute atomic E-state index is 0.0260. The highest BCUT2D eigenvalue weighted by atomic mass is 19.1. The summed E-state index contributed by atoms with van der Waals surface area (Å²) in [5.41, 5.74) is 0.599. The SMILES string of the molecule is COc1ccc(OC)c(CC(=O)N(Cc2c(F)cccc2F)C2CC2)c1. The maximum absolute atomic E-state index is 14.0. The number of halogens is 2. The van der Waals surface area contributed by atoms with Gasteiger partial charge in [-0.1, -0.05) is 6.07 Å². The molecule has 0 spiro atoms. The molecule has 3 rings (SSSR count). The molecular formula is C20H21F2NO3. The van der Waals surface area contributed by atoms with Gasteiger partial charge in [0.2, 0.25) is 5.91 Å². The Kier molecular flexibility index (Phi) is 5.40. The van der Waals surface area contributed by atoms with Crippen LogP contribution in [0.25, 0.3) is 0 Å². The Labute approximate surface area is 151 Å². The molecule has 2 aromatic carbocycles. The third-order valence-electron chi connectivity index (χ3n) is 4.53. The molecule has 26 heavy (non-hydrogen) atoms. The van der Waals surface area contributed by atoms with E-state index in [0.717, 1.165) is 12.8 Å². The number of amides is 1. The van der Waals surface area contributed by atoms with Crippen LogP contribution in [0.2, 0.25) is 0 Å². The van der Waals surface area contributed by atoms with Crippen LogP contribution in [0.15, 0.2) is 36.4 Å². The van der Waals surface area contributed by atoms with E-state index in [2.05, 4.69) is 0 Å². The Balaban J connectivity index is 1.82. The maximum atomic E-state index is 14.0. The summed E-state index contributed by atoms with van der Waals surface area (Å²) in [6, 6.07) is 8.99. The molecular weight excluding hydrogens is 340 g/mol. The number of hydrogen-bond acceptors (Lipinski definition) is 3. The van der Waals surface area contributed by atoms with Crippen molar-refractivity contribution in [3.63, 3.8) is 0 Å². The van der Waals surface area contributed by atoms with Crippen LogP contribution < -0.4 is 9.47 Å². The predicted molar refractivity (Wildman–Crippen MR) is 93.2 cm³/mol. The van der Waals surface area contributed by atoms with E-state index >= 15 is 0 Å². The number of ether oxygens (including phenoxy) is 2. The first-order valence-electron chi connectivity index (χ1n) is 8.46. The first-order valence-corrected chi connectivity index (χ1v) is 8.46. The lowest BCUT2D eigenvalue weighted by molar-refractivity contribution is -0.131. The summed E-state index contributed by atoms with van der Waals surface area (Å²) in [4.78, 5) is 14.4. The lowest BCUT2D eigenvalue weighted by Crippen LogP contribution is -2.34. The summed E-state index contributed by atoms with van der Waals surface area (Å²) < 4.78 is 38.5. The van der Waals surface area contributed by atoms with Crippen LogP contribution in [-0.2, 0) is 17.8 Å². The standard InChI is InChI=1S/C20H21F2NO3/c1-25-15-8-9-19(26-2)13(10-15)11-20(24)23(14-6-7-14)12-16-17(21)4-3-5-18(16)22/h3-5,8-10,14H,6-7,11-12H2,1-2H3. The summed E-state index contributed by atoms with van der Waals surface area (Å²) in [7, 11) is 3.08. The van der Waals surface area contributed by atoms with Gasteiger partial charge in [-0.2, -0.15) is 0 Å². The van der Waals surface area contributed by atoms with Gasteiger partial charge in [-0.05, 0) is 43.2 Å². The van der Waals surface area contributed by atoms with Crippen LogP contribution >= 0.6 is 0 Å². The van der Waals surface area contributed by atoms with Gasteiger partial charge in [0.25, 0.3) is 0 Å². The van der Waals surface area contributed by atoms with Gasteiger partial charge in [-0.15, -0.1) is 0 Å².